The van der Waals surface area contributed by atoms with Gasteiger partial charge < -0.3 is 4.74 Å². The number of ether oxygens (including phenoxy) is 1. The van der Waals surface area contributed by atoms with Gasteiger partial charge in [-0.3, -0.25) is 0 Å². The zero-order valence-electron chi connectivity index (χ0n) is 14.8. The molecular formula is C25H16OS. The van der Waals surface area contributed by atoms with Crippen molar-refractivity contribution in [3.63, 3.8) is 0 Å². The Balaban J connectivity index is 1.97. The van der Waals surface area contributed by atoms with Crippen LogP contribution in [-0.2, 0) is 0 Å². The van der Waals surface area contributed by atoms with Gasteiger partial charge in [-0.1, -0.05) is 54.6 Å². The third kappa shape index (κ3) is 2.05. The predicted molar refractivity (Wildman–Crippen MR) is 118 cm³/mol. The van der Waals surface area contributed by atoms with Gasteiger partial charge in [0.15, 0.2) is 0 Å². The molecule has 128 valence electrons. The van der Waals surface area contributed by atoms with E-state index in [2.05, 4.69) is 72.8 Å². The standard InChI is InChI=1S/C25H16OS/c1-26-18-12-10-15-6-7-16-8-9-17-11-13-22-25(24(17)23(16)20(15)14-18)19-4-2-3-5-21(19)27-22/h2-14H,1H3. The Morgan fingerprint density at radius 1 is 0.593 bits per heavy atom. The van der Waals surface area contributed by atoms with Gasteiger partial charge in [0.2, 0.25) is 0 Å². The molecule has 5 aromatic carbocycles. The van der Waals surface area contributed by atoms with Gasteiger partial charge in [0.05, 0.1) is 7.11 Å². The molecule has 0 atom stereocenters. The zero-order valence-corrected chi connectivity index (χ0v) is 15.6. The van der Waals surface area contributed by atoms with Crippen LogP contribution < -0.4 is 4.74 Å². The van der Waals surface area contributed by atoms with Crippen molar-refractivity contribution in [1.29, 1.82) is 0 Å². The van der Waals surface area contributed by atoms with Crippen LogP contribution >= 0.6 is 11.3 Å². The SMILES string of the molecule is COc1ccc2ccc3ccc4ccc5sc6ccccc6c5c4c3c2c1. The molecule has 1 aromatic heterocycles. The number of methoxy groups -OCH3 is 1. The van der Waals surface area contributed by atoms with Crippen molar-refractivity contribution in [2.45, 2.75) is 0 Å². The van der Waals surface area contributed by atoms with Crippen molar-refractivity contribution in [2.24, 2.45) is 0 Å². The van der Waals surface area contributed by atoms with Gasteiger partial charge in [-0.05, 0) is 56.6 Å². The van der Waals surface area contributed by atoms with E-state index >= 15 is 0 Å². The lowest BCUT2D eigenvalue weighted by molar-refractivity contribution is 0.415. The molecule has 2 heteroatoms. The third-order valence-electron chi connectivity index (χ3n) is 5.53. The van der Waals surface area contributed by atoms with Crippen molar-refractivity contribution < 1.29 is 4.74 Å². The van der Waals surface area contributed by atoms with E-state index in [1.54, 1.807) is 7.11 Å². The lowest BCUT2D eigenvalue weighted by Gasteiger charge is -2.11. The highest BCUT2D eigenvalue weighted by atomic mass is 32.1. The third-order valence-corrected chi connectivity index (χ3v) is 6.67. The minimum Gasteiger partial charge on any atom is -0.497 e. The Morgan fingerprint density at radius 3 is 2.15 bits per heavy atom. The highest BCUT2D eigenvalue weighted by Gasteiger charge is 2.13. The second kappa shape index (κ2) is 5.45. The van der Waals surface area contributed by atoms with Gasteiger partial charge in [0.1, 0.15) is 5.75 Å². The van der Waals surface area contributed by atoms with Crippen LogP contribution in [0.3, 0.4) is 0 Å². The van der Waals surface area contributed by atoms with Gasteiger partial charge in [0, 0.05) is 20.2 Å². The first-order valence-electron chi connectivity index (χ1n) is 9.07. The molecule has 27 heavy (non-hydrogen) atoms. The minimum atomic E-state index is 0.898. The molecule has 0 radical (unpaired) electrons. The first-order valence-corrected chi connectivity index (χ1v) is 9.88. The summed E-state index contributed by atoms with van der Waals surface area (Å²) in [7, 11) is 1.73. The topological polar surface area (TPSA) is 9.23 Å². The van der Waals surface area contributed by atoms with Crippen LogP contribution in [0.15, 0.2) is 78.9 Å². The van der Waals surface area contributed by atoms with Crippen molar-refractivity contribution in [3.05, 3.63) is 78.9 Å². The van der Waals surface area contributed by atoms with E-state index in [-0.39, 0.29) is 0 Å². The molecule has 0 spiro atoms. The fourth-order valence-corrected chi connectivity index (χ4v) is 5.39. The van der Waals surface area contributed by atoms with E-state index in [0.29, 0.717) is 0 Å². The first-order chi connectivity index (χ1) is 13.3. The molecule has 0 aliphatic heterocycles. The summed E-state index contributed by atoms with van der Waals surface area (Å²) in [6.45, 7) is 0. The van der Waals surface area contributed by atoms with Crippen LogP contribution in [0.25, 0.3) is 52.5 Å². The largest absolute Gasteiger partial charge is 0.497 e. The number of hydrogen-bond donors (Lipinski definition) is 0. The average molecular weight is 364 g/mol. The minimum absolute atomic E-state index is 0.898. The molecule has 0 aliphatic rings. The molecule has 0 unspecified atom stereocenters. The van der Waals surface area contributed by atoms with Gasteiger partial charge >= 0.3 is 0 Å². The number of thiophene rings is 1. The van der Waals surface area contributed by atoms with Gasteiger partial charge in [-0.25, -0.2) is 0 Å². The molecule has 1 heterocycles. The van der Waals surface area contributed by atoms with Crippen molar-refractivity contribution in [3.8, 4) is 5.75 Å². The van der Waals surface area contributed by atoms with Gasteiger partial charge in [0.25, 0.3) is 0 Å². The lowest BCUT2D eigenvalue weighted by atomic mass is 9.93. The molecule has 0 amide bonds. The van der Waals surface area contributed by atoms with Crippen molar-refractivity contribution in [2.75, 3.05) is 7.11 Å². The maximum Gasteiger partial charge on any atom is 0.119 e. The quantitative estimate of drug-likeness (QED) is 0.274. The van der Waals surface area contributed by atoms with Crippen LogP contribution in [-0.4, -0.2) is 7.11 Å². The smallest absolute Gasteiger partial charge is 0.119 e. The van der Waals surface area contributed by atoms with Crippen LogP contribution in [0.2, 0.25) is 0 Å². The molecule has 0 N–H and O–H groups in total. The second-order valence-electron chi connectivity index (χ2n) is 6.95. The number of rotatable bonds is 1. The fraction of sp³-hybridized carbons (Fsp3) is 0.0400. The van der Waals surface area contributed by atoms with E-state index in [9.17, 15) is 0 Å². The maximum absolute atomic E-state index is 5.53. The van der Waals surface area contributed by atoms with Crippen molar-refractivity contribution >= 4 is 63.8 Å². The molecule has 0 bridgehead atoms. The predicted octanol–water partition coefficient (Wildman–Crippen LogP) is 7.52. The van der Waals surface area contributed by atoms with E-state index in [1.807, 2.05) is 17.4 Å². The Bertz CT molecular complexity index is 1500. The summed E-state index contributed by atoms with van der Waals surface area (Å²) in [5.41, 5.74) is 0. The molecule has 0 aliphatic carbocycles. The number of benzene rings is 5. The summed E-state index contributed by atoms with van der Waals surface area (Å²) >= 11 is 1.87. The molecular weight excluding hydrogens is 348 g/mol. The molecule has 0 saturated heterocycles. The summed E-state index contributed by atoms with van der Waals surface area (Å²) in [6, 6.07) is 28.5. The molecule has 0 saturated carbocycles. The van der Waals surface area contributed by atoms with E-state index in [1.165, 1.54) is 52.5 Å². The Labute approximate surface area is 160 Å². The zero-order chi connectivity index (χ0) is 18.0. The van der Waals surface area contributed by atoms with Gasteiger partial charge in [-0.2, -0.15) is 0 Å². The summed E-state index contributed by atoms with van der Waals surface area (Å²) in [4.78, 5) is 0. The molecule has 1 nitrogen and oxygen atoms in total. The number of fused-ring (bicyclic) bond motifs is 9. The van der Waals surface area contributed by atoms with Crippen LogP contribution in [0.4, 0.5) is 0 Å². The average Bonchev–Trinajstić information content (AvgIpc) is 3.11. The summed E-state index contributed by atoms with van der Waals surface area (Å²) < 4.78 is 8.21. The fourth-order valence-electron chi connectivity index (χ4n) is 4.28. The van der Waals surface area contributed by atoms with E-state index in [0.717, 1.165) is 5.75 Å². The summed E-state index contributed by atoms with van der Waals surface area (Å²) in [6.07, 6.45) is 0. The van der Waals surface area contributed by atoms with E-state index < -0.39 is 0 Å². The second-order valence-corrected chi connectivity index (χ2v) is 8.04. The Kier molecular flexibility index (Phi) is 3.03. The lowest BCUT2D eigenvalue weighted by Crippen LogP contribution is -1.85. The molecule has 6 aromatic rings. The maximum atomic E-state index is 5.53. The Morgan fingerprint density at radius 2 is 1.30 bits per heavy atom. The van der Waals surface area contributed by atoms with Crippen LogP contribution in [0, 0.1) is 0 Å². The summed E-state index contributed by atoms with van der Waals surface area (Å²) in [5.74, 6) is 0.898. The molecule has 0 fully saturated rings. The van der Waals surface area contributed by atoms with E-state index in [4.69, 9.17) is 4.74 Å². The monoisotopic (exact) mass is 364 g/mol. The highest BCUT2D eigenvalue weighted by molar-refractivity contribution is 7.26. The normalized spacial score (nSPS) is 11.9. The Hall–Kier alpha value is -3.10. The first kappa shape index (κ1) is 15.0. The summed E-state index contributed by atoms with van der Waals surface area (Å²) in [5, 5.41) is 10.4. The van der Waals surface area contributed by atoms with Crippen LogP contribution in [0.5, 0.6) is 5.75 Å². The van der Waals surface area contributed by atoms with Crippen LogP contribution in [0.1, 0.15) is 0 Å². The molecule has 6 rings (SSSR count). The van der Waals surface area contributed by atoms with Gasteiger partial charge in [-0.15, -0.1) is 11.3 Å². The number of hydrogen-bond acceptors (Lipinski definition) is 2. The highest BCUT2D eigenvalue weighted by Crippen LogP contribution is 2.43. The van der Waals surface area contributed by atoms with Crippen molar-refractivity contribution in [1.82, 2.24) is 0 Å².